The maximum Gasteiger partial charge on any atom is 0.230 e. The summed E-state index contributed by atoms with van der Waals surface area (Å²) in [5, 5.41) is 7.39. The van der Waals surface area contributed by atoms with E-state index in [2.05, 4.69) is 31.4 Å². The van der Waals surface area contributed by atoms with E-state index >= 15 is 0 Å². The Bertz CT molecular complexity index is 496. The quantitative estimate of drug-likeness (QED) is 0.871. The van der Waals surface area contributed by atoms with Crippen molar-refractivity contribution in [1.82, 2.24) is 10.6 Å². The second kappa shape index (κ2) is 7.47. The molecule has 0 saturated carbocycles. The number of rotatable bonds is 5. The van der Waals surface area contributed by atoms with Crippen molar-refractivity contribution >= 4 is 17.5 Å². The van der Waals surface area contributed by atoms with Crippen LogP contribution < -0.4 is 10.6 Å². The fraction of sp³-hybridized carbons (Fsp3) is 0.611. The minimum absolute atomic E-state index is 0.151. The van der Waals surface area contributed by atoms with Crippen molar-refractivity contribution in [3.05, 3.63) is 34.9 Å². The summed E-state index contributed by atoms with van der Waals surface area (Å²) in [6, 6.07) is 7.98. The molecule has 4 heteroatoms. The monoisotopic (exact) mass is 322 g/mol. The highest BCUT2D eigenvalue weighted by atomic mass is 35.5. The van der Waals surface area contributed by atoms with E-state index in [0.717, 1.165) is 37.9 Å². The predicted octanol–water partition coefficient (Wildman–Crippen LogP) is 3.51. The van der Waals surface area contributed by atoms with Crippen molar-refractivity contribution in [3.8, 4) is 0 Å². The zero-order valence-electron chi connectivity index (χ0n) is 13.8. The van der Waals surface area contributed by atoms with Gasteiger partial charge in [-0.3, -0.25) is 4.79 Å². The van der Waals surface area contributed by atoms with Crippen LogP contribution in [0.25, 0.3) is 0 Å². The largest absolute Gasteiger partial charge is 0.352 e. The highest BCUT2D eigenvalue weighted by Gasteiger charge is 2.38. The average Bonchev–Trinajstić information content (AvgIpc) is 2.53. The molecule has 0 radical (unpaired) electrons. The summed E-state index contributed by atoms with van der Waals surface area (Å²) in [7, 11) is 0. The van der Waals surface area contributed by atoms with Crippen LogP contribution in [0.4, 0.5) is 0 Å². The third kappa shape index (κ3) is 3.47. The molecule has 2 atom stereocenters. The van der Waals surface area contributed by atoms with Gasteiger partial charge in [0.05, 0.1) is 5.41 Å². The molecule has 1 saturated heterocycles. The molecule has 1 fully saturated rings. The van der Waals surface area contributed by atoms with Crippen LogP contribution in [0.15, 0.2) is 24.3 Å². The van der Waals surface area contributed by atoms with Crippen LogP contribution >= 0.6 is 11.6 Å². The van der Waals surface area contributed by atoms with Gasteiger partial charge in [0.1, 0.15) is 0 Å². The van der Waals surface area contributed by atoms with Crippen molar-refractivity contribution in [2.75, 3.05) is 13.1 Å². The molecule has 0 aromatic heterocycles. The summed E-state index contributed by atoms with van der Waals surface area (Å²) in [6.07, 6.45) is 2.57. The molecule has 0 spiro atoms. The summed E-state index contributed by atoms with van der Waals surface area (Å²) in [5.74, 6) is 0.618. The predicted molar refractivity (Wildman–Crippen MR) is 92.3 cm³/mol. The van der Waals surface area contributed by atoms with Crippen molar-refractivity contribution in [3.63, 3.8) is 0 Å². The smallest absolute Gasteiger partial charge is 0.230 e. The topological polar surface area (TPSA) is 41.1 Å². The summed E-state index contributed by atoms with van der Waals surface area (Å²) in [5.41, 5.74) is 0.593. The van der Waals surface area contributed by atoms with Gasteiger partial charge in [-0.15, -0.1) is 0 Å². The van der Waals surface area contributed by atoms with E-state index in [1.54, 1.807) is 0 Å². The van der Waals surface area contributed by atoms with E-state index in [4.69, 9.17) is 11.6 Å². The molecular formula is C18H27ClN2O. The lowest BCUT2D eigenvalue weighted by atomic mass is 9.74. The third-order valence-corrected chi connectivity index (χ3v) is 5.39. The number of nitrogens with one attached hydrogen (secondary N) is 2. The first kappa shape index (κ1) is 17.3. The van der Waals surface area contributed by atoms with Crippen molar-refractivity contribution in [2.45, 2.75) is 51.5 Å². The van der Waals surface area contributed by atoms with Gasteiger partial charge in [0.25, 0.3) is 0 Å². The Hall–Kier alpha value is -1.06. The molecule has 1 amide bonds. The van der Waals surface area contributed by atoms with E-state index in [0.29, 0.717) is 10.9 Å². The normalized spacial score (nSPS) is 22.4. The van der Waals surface area contributed by atoms with Crippen LogP contribution in [0.1, 0.15) is 45.6 Å². The van der Waals surface area contributed by atoms with E-state index in [1.165, 1.54) is 0 Å². The Morgan fingerprint density at radius 3 is 2.50 bits per heavy atom. The fourth-order valence-corrected chi connectivity index (χ4v) is 3.54. The van der Waals surface area contributed by atoms with Gasteiger partial charge in [-0.1, -0.05) is 44.5 Å². The van der Waals surface area contributed by atoms with Crippen molar-refractivity contribution in [1.29, 1.82) is 0 Å². The number of hydrogen-bond donors (Lipinski definition) is 2. The number of piperidine rings is 1. The van der Waals surface area contributed by atoms with E-state index in [9.17, 15) is 4.79 Å². The minimum Gasteiger partial charge on any atom is -0.352 e. The Balaban J connectivity index is 2.22. The molecule has 1 aliphatic rings. The lowest BCUT2D eigenvalue weighted by Crippen LogP contribution is -2.53. The molecule has 1 aromatic carbocycles. The molecule has 122 valence electrons. The van der Waals surface area contributed by atoms with E-state index in [-0.39, 0.29) is 11.9 Å². The lowest BCUT2D eigenvalue weighted by molar-refractivity contribution is -0.128. The molecule has 2 rings (SSSR count). The second-order valence-electron chi connectivity index (χ2n) is 6.35. The Labute approximate surface area is 138 Å². The zero-order valence-corrected chi connectivity index (χ0v) is 14.5. The van der Waals surface area contributed by atoms with Crippen molar-refractivity contribution in [2.24, 2.45) is 5.92 Å². The third-order valence-electron chi connectivity index (χ3n) is 5.14. The molecule has 2 N–H and O–H groups in total. The minimum atomic E-state index is -0.463. The van der Waals surface area contributed by atoms with Crippen LogP contribution in [0.5, 0.6) is 0 Å². The van der Waals surface area contributed by atoms with E-state index < -0.39 is 5.41 Å². The highest BCUT2D eigenvalue weighted by Crippen LogP contribution is 2.33. The van der Waals surface area contributed by atoms with Crippen LogP contribution in [-0.2, 0) is 10.2 Å². The first-order valence-corrected chi connectivity index (χ1v) is 8.69. The van der Waals surface area contributed by atoms with Crippen LogP contribution in [-0.4, -0.2) is 25.0 Å². The average molecular weight is 323 g/mol. The first-order chi connectivity index (χ1) is 10.5. The Kier molecular flexibility index (Phi) is 5.87. The summed E-state index contributed by atoms with van der Waals surface area (Å²) < 4.78 is 0. The number of halogens is 1. The molecule has 1 aliphatic heterocycles. The fourth-order valence-electron chi connectivity index (χ4n) is 3.41. The summed E-state index contributed by atoms with van der Waals surface area (Å²) in [4.78, 5) is 13.1. The number of amides is 1. The van der Waals surface area contributed by atoms with Gasteiger partial charge in [0.15, 0.2) is 0 Å². The van der Waals surface area contributed by atoms with Crippen LogP contribution in [0.3, 0.4) is 0 Å². The van der Waals surface area contributed by atoms with Gasteiger partial charge in [-0.25, -0.2) is 0 Å². The van der Waals surface area contributed by atoms with Gasteiger partial charge in [-0.2, -0.15) is 0 Å². The van der Waals surface area contributed by atoms with Gasteiger partial charge in [0.2, 0.25) is 5.91 Å². The summed E-state index contributed by atoms with van der Waals surface area (Å²) >= 11 is 5.99. The van der Waals surface area contributed by atoms with Gasteiger partial charge in [0, 0.05) is 11.1 Å². The molecule has 2 unspecified atom stereocenters. The molecular weight excluding hydrogens is 296 g/mol. The van der Waals surface area contributed by atoms with Gasteiger partial charge >= 0.3 is 0 Å². The zero-order chi connectivity index (χ0) is 16.2. The van der Waals surface area contributed by atoms with Crippen LogP contribution in [0, 0.1) is 5.92 Å². The van der Waals surface area contributed by atoms with E-state index in [1.807, 2.05) is 24.3 Å². The Morgan fingerprint density at radius 2 is 1.95 bits per heavy atom. The molecule has 22 heavy (non-hydrogen) atoms. The second-order valence-corrected chi connectivity index (χ2v) is 6.78. The lowest BCUT2D eigenvalue weighted by Gasteiger charge is -2.36. The highest BCUT2D eigenvalue weighted by molar-refractivity contribution is 6.30. The van der Waals surface area contributed by atoms with Crippen LogP contribution in [0.2, 0.25) is 5.02 Å². The number of carbonyl (C=O) groups excluding carboxylic acids is 1. The standard InChI is InChI=1S/C18H27ClN2O/c1-4-18(5-2,14-6-8-15(19)9-7-14)17(22)21-16-10-11-20-12-13(16)3/h6-9,13,16,20H,4-5,10-12H2,1-3H3,(H,21,22). The first-order valence-electron chi connectivity index (χ1n) is 8.31. The maximum absolute atomic E-state index is 13.1. The Morgan fingerprint density at radius 1 is 1.32 bits per heavy atom. The maximum atomic E-state index is 13.1. The number of benzene rings is 1. The van der Waals surface area contributed by atoms with Crippen molar-refractivity contribution < 1.29 is 4.79 Å². The molecule has 1 aromatic rings. The van der Waals surface area contributed by atoms with Gasteiger partial charge < -0.3 is 10.6 Å². The summed E-state index contributed by atoms with van der Waals surface area (Å²) in [6.45, 7) is 8.31. The molecule has 0 aliphatic carbocycles. The number of carbonyl (C=O) groups is 1. The SMILES string of the molecule is CCC(CC)(C(=O)NC1CCNCC1C)c1ccc(Cl)cc1. The molecule has 0 bridgehead atoms. The van der Waals surface area contributed by atoms with Gasteiger partial charge in [-0.05, 0) is 56.0 Å². The number of hydrogen-bond acceptors (Lipinski definition) is 2. The molecule has 3 nitrogen and oxygen atoms in total. The molecule has 1 heterocycles.